The van der Waals surface area contributed by atoms with Gasteiger partial charge in [0, 0.05) is 0 Å². The van der Waals surface area contributed by atoms with Crippen LogP contribution in [0.5, 0.6) is 0 Å². The number of hydrogen-bond acceptors (Lipinski definition) is 2. The first-order valence-electron chi connectivity index (χ1n) is 3.44. The first kappa shape index (κ1) is 13.5. The Kier molecular flexibility index (Phi) is 3.79. The average molecular weight is 226 g/mol. The Morgan fingerprint density at radius 3 is 1.21 bits per heavy atom. The minimum atomic E-state index is -4.96. The van der Waals surface area contributed by atoms with Crippen molar-refractivity contribution >= 4 is 0 Å². The molecule has 14 heavy (non-hydrogen) atoms. The molecule has 0 aromatic heterocycles. The molecule has 0 amide bonds. The lowest BCUT2D eigenvalue weighted by Gasteiger charge is -2.27. The molecule has 0 rings (SSSR count). The number of rotatable bonds is 3. The van der Waals surface area contributed by atoms with Crippen LogP contribution in [0.4, 0.5) is 26.3 Å². The molecule has 0 saturated heterocycles. The molecule has 0 aliphatic rings. The molecular formula is C6H8F6O2. The normalized spacial score (nSPS) is 14.6. The molecule has 0 heterocycles. The van der Waals surface area contributed by atoms with Crippen LogP contribution in [0.2, 0.25) is 0 Å². The van der Waals surface area contributed by atoms with Crippen molar-refractivity contribution in [2.45, 2.75) is 30.8 Å². The Hall–Kier alpha value is -0.500. The van der Waals surface area contributed by atoms with Crippen molar-refractivity contribution in [3.8, 4) is 0 Å². The summed E-state index contributed by atoms with van der Waals surface area (Å²) in [5.41, 5.74) is -3.18. The second-order valence-electron chi connectivity index (χ2n) is 2.97. The molecular weight excluding hydrogens is 218 g/mol. The van der Waals surface area contributed by atoms with Crippen LogP contribution in [-0.4, -0.2) is 34.8 Å². The Morgan fingerprint density at radius 1 is 0.786 bits per heavy atom. The van der Waals surface area contributed by atoms with E-state index in [0.29, 0.717) is 0 Å². The van der Waals surface area contributed by atoms with Crippen LogP contribution in [0, 0.1) is 0 Å². The van der Waals surface area contributed by atoms with Gasteiger partial charge in [-0.15, -0.1) is 0 Å². The highest BCUT2D eigenvalue weighted by molar-refractivity contribution is 4.83. The quantitative estimate of drug-likeness (QED) is 0.718. The smallest absolute Gasteiger partial charge is 0.391 e. The summed E-state index contributed by atoms with van der Waals surface area (Å²) >= 11 is 0. The molecule has 0 fully saturated rings. The molecule has 0 aromatic rings. The third-order valence-corrected chi connectivity index (χ3v) is 1.35. The van der Waals surface area contributed by atoms with Crippen LogP contribution < -0.4 is 0 Å². The lowest BCUT2D eigenvalue weighted by atomic mass is 9.96. The summed E-state index contributed by atoms with van der Waals surface area (Å²) in [6, 6.07) is 0. The molecule has 86 valence electrons. The van der Waals surface area contributed by atoms with Crippen molar-refractivity contribution in [3.63, 3.8) is 0 Å². The topological polar surface area (TPSA) is 40.5 Å². The minimum Gasteiger partial charge on any atom is -0.393 e. The zero-order valence-corrected chi connectivity index (χ0v) is 6.78. The van der Waals surface area contributed by atoms with E-state index in [-0.39, 0.29) is 0 Å². The fraction of sp³-hybridized carbons (Fsp3) is 1.00. The standard InChI is InChI=1S/C6H8F6O2/c7-5(8,9)1-4(14,3-13)2-6(10,11)12/h13-14H,1-3H2. The minimum absolute atomic E-state index is 1.59. The van der Waals surface area contributed by atoms with Gasteiger partial charge in [0.1, 0.15) is 5.60 Å². The Morgan fingerprint density at radius 2 is 1.07 bits per heavy atom. The van der Waals surface area contributed by atoms with E-state index in [1.54, 1.807) is 0 Å². The molecule has 0 saturated carbocycles. The van der Waals surface area contributed by atoms with E-state index in [1.807, 2.05) is 0 Å². The zero-order valence-electron chi connectivity index (χ0n) is 6.78. The van der Waals surface area contributed by atoms with Crippen molar-refractivity contribution in [1.82, 2.24) is 0 Å². The van der Waals surface area contributed by atoms with Gasteiger partial charge in [-0.25, -0.2) is 0 Å². The van der Waals surface area contributed by atoms with Gasteiger partial charge >= 0.3 is 12.4 Å². The summed E-state index contributed by atoms with van der Waals surface area (Å²) in [5.74, 6) is 0. The summed E-state index contributed by atoms with van der Waals surface area (Å²) in [6.45, 7) is -1.59. The number of halogens is 6. The largest absolute Gasteiger partial charge is 0.393 e. The monoisotopic (exact) mass is 226 g/mol. The summed E-state index contributed by atoms with van der Waals surface area (Å²) in [5, 5.41) is 17.1. The van der Waals surface area contributed by atoms with Crippen LogP contribution in [0.25, 0.3) is 0 Å². The Bertz CT molecular complexity index is 168. The lowest BCUT2D eigenvalue weighted by molar-refractivity contribution is -0.224. The Balaban J connectivity index is 4.49. The number of aliphatic hydroxyl groups excluding tert-OH is 1. The predicted molar refractivity (Wildman–Crippen MR) is 33.4 cm³/mol. The van der Waals surface area contributed by atoms with Crippen molar-refractivity contribution < 1.29 is 36.6 Å². The van der Waals surface area contributed by atoms with Gasteiger partial charge in [-0.2, -0.15) is 26.3 Å². The molecule has 0 atom stereocenters. The summed E-state index contributed by atoms with van der Waals surface area (Å²) in [4.78, 5) is 0. The van der Waals surface area contributed by atoms with Crippen LogP contribution in [0.1, 0.15) is 12.8 Å². The maximum absolute atomic E-state index is 11.7. The second kappa shape index (κ2) is 3.93. The van der Waals surface area contributed by atoms with Gasteiger partial charge in [-0.05, 0) is 0 Å². The van der Waals surface area contributed by atoms with Gasteiger partial charge in [0.05, 0.1) is 19.4 Å². The van der Waals surface area contributed by atoms with Gasteiger partial charge in [0.2, 0.25) is 0 Å². The third kappa shape index (κ3) is 6.03. The number of hydrogen-bond donors (Lipinski definition) is 2. The average Bonchev–Trinajstić information content (AvgIpc) is 1.78. The molecule has 2 N–H and O–H groups in total. The first-order valence-corrected chi connectivity index (χ1v) is 3.44. The SMILES string of the molecule is OCC(O)(CC(F)(F)F)CC(F)(F)F. The fourth-order valence-corrected chi connectivity index (χ4v) is 0.921. The van der Waals surface area contributed by atoms with Gasteiger partial charge < -0.3 is 10.2 Å². The highest BCUT2D eigenvalue weighted by Crippen LogP contribution is 2.35. The van der Waals surface area contributed by atoms with E-state index >= 15 is 0 Å². The molecule has 0 spiro atoms. The van der Waals surface area contributed by atoms with Crippen molar-refractivity contribution in [2.75, 3.05) is 6.61 Å². The van der Waals surface area contributed by atoms with E-state index in [2.05, 4.69) is 0 Å². The molecule has 0 aliphatic carbocycles. The van der Waals surface area contributed by atoms with E-state index < -0.39 is 37.4 Å². The number of aliphatic hydroxyl groups is 2. The maximum atomic E-state index is 11.7. The molecule has 8 heteroatoms. The van der Waals surface area contributed by atoms with E-state index in [0.717, 1.165) is 0 Å². The summed E-state index contributed by atoms with van der Waals surface area (Å²) < 4.78 is 70.0. The predicted octanol–water partition coefficient (Wildman–Crippen LogP) is 1.61. The van der Waals surface area contributed by atoms with Crippen LogP contribution in [0.15, 0.2) is 0 Å². The number of alkyl halides is 6. The highest BCUT2D eigenvalue weighted by Gasteiger charge is 2.47. The van der Waals surface area contributed by atoms with Gasteiger partial charge in [-0.1, -0.05) is 0 Å². The second-order valence-corrected chi connectivity index (χ2v) is 2.97. The van der Waals surface area contributed by atoms with Crippen molar-refractivity contribution in [1.29, 1.82) is 0 Å². The first-order chi connectivity index (χ1) is 5.97. The van der Waals surface area contributed by atoms with Gasteiger partial charge in [0.15, 0.2) is 0 Å². The molecule has 0 radical (unpaired) electrons. The molecule has 0 aromatic carbocycles. The summed E-state index contributed by atoms with van der Waals surface area (Å²) in [7, 11) is 0. The summed E-state index contributed by atoms with van der Waals surface area (Å²) in [6.07, 6.45) is -14.1. The third-order valence-electron chi connectivity index (χ3n) is 1.35. The van der Waals surface area contributed by atoms with Gasteiger partial charge in [0.25, 0.3) is 0 Å². The zero-order chi connectivity index (χ0) is 11.6. The molecule has 0 bridgehead atoms. The van der Waals surface area contributed by atoms with E-state index in [9.17, 15) is 26.3 Å². The molecule has 2 nitrogen and oxygen atoms in total. The van der Waals surface area contributed by atoms with E-state index in [1.165, 1.54) is 0 Å². The van der Waals surface area contributed by atoms with E-state index in [4.69, 9.17) is 10.2 Å². The van der Waals surface area contributed by atoms with Crippen molar-refractivity contribution in [2.24, 2.45) is 0 Å². The fourth-order valence-electron chi connectivity index (χ4n) is 0.921. The maximum Gasteiger partial charge on any atom is 0.391 e. The van der Waals surface area contributed by atoms with Crippen LogP contribution >= 0.6 is 0 Å². The molecule has 0 unspecified atom stereocenters. The lowest BCUT2D eigenvalue weighted by Crippen LogP contribution is -2.42. The van der Waals surface area contributed by atoms with Crippen molar-refractivity contribution in [3.05, 3.63) is 0 Å². The Labute approximate surface area is 75.1 Å². The van der Waals surface area contributed by atoms with Gasteiger partial charge in [-0.3, -0.25) is 0 Å². The molecule has 0 aliphatic heterocycles. The highest BCUT2D eigenvalue weighted by atomic mass is 19.4. The van der Waals surface area contributed by atoms with Crippen LogP contribution in [-0.2, 0) is 0 Å². The van der Waals surface area contributed by atoms with Crippen LogP contribution in [0.3, 0.4) is 0 Å².